The summed E-state index contributed by atoms with van der Waals surface area (Å²) < 4.78 is 35.1. The van der Waals surface area contributed by atoms with E-state index in [1.807, 2.05) is 0 Å². The van der Waals surface area contributed by atoms with Gasteiger partial charge in [-0.25, -0.2) is 4.79 Å². The molecule has 0 heterocycles. The standard InChI is InChI=1S/C7H11F3N2O3/c1-2-4(12-6(14)15)5(13)11-3-7(8,9)10/h4,12H,2-3H2,1H3,(H,11,13)(H,14,15)/t4-/m0/s1. The fraction of sp³-hybridized carbons (Fsp3) is 0.714. The molecule has 15 heavy (non-hydrogen) atoms. The minimum Gasteiger partial charge on any atom is -0.465 e. The predicted molar refractivity (Wildman–Crippen MR) is 44.3 cm³/mol. The van der Waals surface area contributed by atoms with Crippen molar-refractivity contribution in [2.24, 2.45) is 0 Å². The number of hydrogen-bond donors (Lipinski definition) is 3. The third-order valence-corrected chi connectivity index (χ3v) is 1.49. The van der Waals surface area contributed by atoms with Crippen molar-refractivity contribution < 1.29 is 27.9 Å². The first kappa shape index (κ1) is 13.5. The number of alkyl halides is 3. The van der Waals surface area contributed by atoms with Crippen LogP contribution in [0.5, 0.6) is 0 Å². The Balaban J connectivity index is 4.11. The summed E-state index contributed by atoms with van der Waals surface area (Å²) in [5, 5.41) is 11.7. The van der Waals surface area contributed by atoms with Crippen molar-refractivity contribution in [3.63, 3.8) is 0 Å². The summed E-state index contributed by atoms with van der Waals surface area (Å²) >= 11 is 0. The topological polar surface area (TPSA) is 78.4 Å². The van der Waals surface area contributed by atoms with Crippen molar-refractivity contribution in [1.29, 1.82) is 0 Å². The monoisotopic (exact) mass is 228 g/mol. The second kappa shape index (κ2) is 5.42. The van der Waals surface area contributed by atoms with Crippen LogP contribution in [0, 0.1) is 0 Å². The third kappa shape index (κ3) is 6.58. The van der Waals surface area contributed by atoms with Gasteiger partial charge in [-0.1, -0.05) is 6.92 Å². The molecule has 0 aliphatic carbocycles. The van der Waals surface area contributed by atoms with Gasteiger partial charge in [0.2, 0.25) is 5.91 Å². The number of amides is 2. The van der Waals surface area contributed by atoms with E-state index in [0.29, 0.717) is 0 Å². The zero-order valence-corrected chi connectivity index (χ0v) is 7.89. The molecule has 0 saturated carbocycles. The maximum Gasteiger partial charge on any atom is 0.405 e. The molecular weight excluding hydrogens is 217 g/mol. The summed E-state index contributed by atoms with van der Waals surface area (Å²) in [7, 11) is 0. The summed E-state index contributed by atoms with van der Waals surface area (Å²) in [5.41, 5.74) is 0. The van der Waals surface area contributed by atoms with Crippen molar-refractivity contribution in [3.05, 3.63) is 0 Å². The van der Waals surface area contributed by atoms with Gasteiger partial charge in [-0.05, 0) is 6.42 Å². The summed E-state index contributed by atoms with van der Waals surface area (Å²) in [6, 6.07) is -1.16. The molecule has 88 valence electrons. The molecule has 0 rings (SSSR count). The first-order valence-electron chi connectivity index (χ1n) is 4.10. The van der Waals surface area contributed by atoms with E-state index >= 15 is 0 Å². The molecule has 0 bridgehead atoms. The highest BCUT2D eigenvalue weighted by Crippen LogP contribution is 2.12. The highest BCUT2D eigenvalue weighted by molar-refractivity contribution is 5.85. The molecule has 8 heteroatoms. The lowest BCUT2D eigenvalue weighted by molar-refractivity contribution is -0.139. The van der Waals surface area contributed by atoms with E-state index in [1.165, 1.54) is 6.92 Å². The van der Waals surface area contributed by atoms with Gasteiger partial charge in [0.05, 0.1) is 0 Å². The Morgan fingerprint density at radius 2 is 1.93 bits per heavy atom. The molecule has 0 fully saturated rings. The molecule has 5 nitrogen and oxygen atoms in total. The van der Waals surface area contributed by atoms with Crippen LogP contribution in [-0.4, -0.2) is 35.9 Å². The van der Waals surface area contributed by atoms with Gasteiger partial charge in [0.1, 0.15) is 12.6 Å². The van der Waals surface area contributed by atoms with Crippen LogP contribution in [0.3, 0.4) is 0 Å². The quantitative estimate of drug-likeness (QED) is 0.663. The largest absolute Gasteiger partial charge is 0.465 e. The van der Waals surface area contributed by atoms with E-state index in [1.54, 1.807) is 10.6 Å². The van der Waals surface area contributed by atoms with Crippen LogP contribution >= 0.6 is 0 Å². The van der Waals surface area contributed by atoms with Crippen LogP contribution in [0.15, 0.2) is 0 Å². The molecule has 0 radical (unpaired) electrons. The highest BCUT2D eigenvalue weighted by atomic mass is 19.4. The molecule has 0 unspecified atom stereocenters. The van der Waals surface area contributed by atoms with Crippen molar-refractivity contribution in [2.45, 2.75) is 25.6 Å². The van der Waals surface area contributed by atoms with Crippen LogP contribution in [0.25, 0.3) is 0 Å². The minimum atomic E-state index is -4.50. The Labute approximate surface area is 83.6 Å². The van der Waals surface area contributed by atoms with E-state index in [2.05, 4.69) is 0 Å². The molecule has 2 amide bonds. The van der Waals surface area contributed by atoms with Gasteiger partial charge in [0.25, 0.3) is 0 Å². The maximum atomic E-state index is 11.7. The van der Waals surface area contributed by atoms with Crippen LogP contribution in [-0.2, 0) is 4.79 Å². The molecule has 0 aliphatic rings. The van der Waals surface area contributed by atoms with Gasteiger partial charge >= 0.3 is 12.3 Å². The van der Waals surface area contributed by atoms with E-state index in [-0.39, 0.29) is 6.42 Å². The van der Waals surface area contributed by atoms with E-state index < -0.39 is 30.8 Å². The lowest BCUT2D eigenvalue weighted by Crippen LogP contribution is -2.48. The fourth-order valence-electron chi connectivity index (χ4n) is 0.813. The maximum absolute atomic E-state index is 11.7. The third-order valence-electron chi connectivity index (χ3n) is 1.49. The Bertz CT molecular complexity index is 242. The molecule has 0 aromatic rings. The number of rotatable bonds is 4. The average Bonchev–Trinajstić information content (AvgIpc) is 2.08. The molecule has 0 spiro atoms. The molecular formula is C7H11F3N2O3. The van der Waals surface area contributed by atoms with Crippen LogP contribution < -0.4 is 10.6 Å². The van der Waals surface area contributed by atoms with Gasteiger partial charge in [-0.2, -0.15) is 13.2 Å². The van der Waals surface area contributed by atoms with Crippen molar-refractivity contribution in [1.82, 2.24) is 10.6 Å². The van der Waals surface area contributed by atoms with Crippen LogP contribution in [0.1, 0.15) is 13.3 Å². The normalized spacial score (nSPS) is 13.1. The Kier molecular flexibility index (Phi) is 4.89. The van der Waals surface area contributed by atoms with E-state index in [0.717, 1.165) is 0 Å². The van der Waals surface area contributed by atoms with Crippen molar-refractivity contribution >= 4 is 12.0 Å². The predicted octanol–water partition coefficient (Wildman–Crippen LogP) is 0.711. The number of hydrogen-bond acceptors (Lipinski definition) is 2. The van der Waals surface area contributed by atoms with Gasteiger partial charge in [-0.3, -0.25) is 4.79 Å². The highest BCUT2D eigenvalue weighted by Gasteiger charge is 2.29. The lowest BCUT2D eigenvalue weighted by Gasteiger charge is -2.15. The first-order chi connectivity index (χ1) is 6.76. The van der Waals surface area contributed by atoms with Crippen molar-refractivity contribution in [3.8, 4) is 0 Å². The summed E-state index contributed by atoms with van der Waals surface area (Å²) in [6.07, 6.45) is -5.88. The summed E-state index contributed by atoms with van der Waals surface area (Å²) in [6.45, 7) is 0.0113. The zero-order chi connectivity index (χ0) is 12.1. The number of carboxylic acid groups (broad SMARTS) is 1. The summed E-state index contributed by atoms with van der Waals surface area (Å²) in [4.78, 5) is 21.2. The Hall–Kier alpha value is -1.47. The minimum absolute atomic E-state index is 0.0794. The smallest absolute Gasteiger partial charge is 0.405 e. The summed E-state index contributed by atoms with van der Waals surface area (Å²) in [5.74, 6) is -0.989. The molecule has 0 aromatic heterocycles. The van der Waals surface area contributed by atoms with E-state index in [4.69, 9.17) is 5.11 Å². The number of nitrogens with one attached hydrogen (secondary N) is 2. The number of carbonyl (C=O) groups excluding carboxylic acids is 1. The average molecular weight is 228 g/mol. The number of carbonyl (C=O) groups is 2. The first-order valence-corrected chi connectivity index (χ1v) is 4.10. The fourth-order valence-corrected chi connectivity index (χ4v) is 0.813. The van der Waals surface area contributed by atoms with Crippen LogP contribution in [0.2, 0.25) is 0 Å². The number of halogens is 3. The Morgan fingerprint density at radius 3 is 2.27 bits per heavy atom. The molecule has 0 aliphatic heterocycles. The lowest BCUT2D eigenvalue weighted by atomic mass is 10.2. The molecule has 1 atom stereocenters. The van der Waals surface area contributed by atoms with Crippen LogP contribution in [0.4, 0.5) is 18.0 Å². The van der Waals surface area contributed by atoms with Gasteiger partial charge in [-0.15, -0.1) is 0 Å². The molecule has 0 aromatic carbocycles. The second-order valence-electron chi connectivity index (χ2n) is 2.74. The zero-order valence-electron chi connectivity index (χ0n) is 7.89. The van der Waals surface area contributed by atoms with E-state index in [9.17, 15) is 22.8 Å². The molecule has 3 N–H and O–H groups in total. The Morgan fingerprint density at radius 1 is 1.40 bits per heavy atom. The van der Waals surface area contributed by atoms with Gasteiger partial charge in [0.15, 0.2) is 0 Å². The van der Waals surface area contributed by atoms with Gasteiger partial charge in [0, 0.05) is 0 Å². The second-order valence-corrected chi connectivity index (χ2v) is 2.74. The SMILES string of the molecule is CC[C@H](NC(=O)O)C(=O)NCC(F)(F)F. The van der Waals surface area contributed by atoms with Gasteiger partial charge < -0.3 is 15.7 Å². The molecule has 0 saturated heterocycles. The van der Waals surface area contributed by atoms with Crippen molar-refractivity contribution in [2.75, 3.05) is 6.54 Å².